The number of aliphatic hydroxyl groups excluding tert-OH is 1. The van der Waals surface area contributed by atoms with Crippen molar-refractivity contribution in [3.05, 3.63) is 131 Å². The quantitative estimate of drug-likeness (QED) is 0.223. The number of amides is 1. The van der Waals surface area contributed by atoms with Crippen molar-refractivity contribution in [1.82, 2.24) is 14.9 Å². The second-order valence-corrected chi connectivity index (χ2v) is 8.81. The number of ketones is 1. The van der Waals surface area contributed by atoms with Crippen molar-refractivity contribution in [3.63, 3.8) is 0 Å². The van der Waals surface area contributed by atoms with Crippen molar-refractivity contribution >= 4 is 17.4 Å². The molecule has 0 radical (unpaired) electrons. The molecule has 0 bridgehead atoms. The van der Waals surface area contributed by atoms with Gasteiger partial charge < -0.3 is 14.7 Å². The summed E-state index contributed by atoms with van der Waals surface area (Å²) in [6.45, 7) is 2.61. The molecule has 7 heteroatoms. The van der Waals surface area contributed by atoms with Crippen LogP contribution in [0.5, 0.6) is 5.75 Å². The van der Waals surface area contributed by atoms with Gasteiger partial charge in [-0.05, 0) is 65.6 Å². The van der Waals surface area contributed by atoms with Crippen molar-refractivity contribution < 1.29 is 19.4 Å². The lowest BCUT2D eigenvalue weighted by atomic mass is 9.96. The highest BCUT2D eigenvalue weighted by Gasteiger charge is 2.46. The molecule has 184 valence electrons. The predicted molar refractivity (Wildman–Crippen MR) is 138 cm³/mol. The molecule has 1 saturated heterocycles. The number of pyridine rings is 2. The fourth-order valence-electron chi connectivity index (χ4n) is 4.41. The van der Waals surface area contributed by atoms with Gasteiger partial charge in [0.05, 0.1) is 11.6 Å². The molecular formula is C30H25N3O4. The lowest BCUT2D eigenvalue weighted by Crippen LogP contribution is -2.29. The Morgan fingerprint density at radius 1 is 0.919 bits per heavy atom. The van der Waals surface area contributed by atoms with E-state index in [4.69, 9.17) is 4.74 Å². The molecule has 7 nitrogen and oxygen atoms in total. The van der Waals surface area contributed by atoms with Crippen molar-refractivity contribution in [2.75, 3.05) is 0 Å². The summed E-state index contributed by atoms with van der Waals surface area (Å²) in [4.78, 5) is 36.0. The number of nitrogens with zero attached hydrogens (tertiary/aromatic N) is 3. The van der Waals surface area contributed by atoms with E-state index in [2.05, 4.69) is 9.97 Å². The summed E-state index contributed by atoms with van der Waals surface area (Å²) in [5.41, 5.74) is 4.06. The first-order valence-electron chi connectivity index (χ1n) is 11.9. The minimum atomic E-state index is -0.786. The van der Waals surface area contributed by atoms with E-state index in [0.29, 0.717) is 23.5 Å². The fourth-order valence-corrected chi connectivity index (χ4v) is 4.41. The van der Waals surface area contributed by atoms with Gasteiger partial charge in [0.2, 0.25) is 0 Å². The van der Waals surface area contributed by atoms with Gasteiger partial charge in [-0.2, -0.15) is 0 Å². The van der Waals surface area contributed by atoms with E-state index in [1.807, 2.05) is 37.3 Å². The fraction of sp³-hybridized carbons (Fsp3) is 0.133. The van der Waals surface area contributed by atoms with Crippen LogP contribution in [0.25, 0.3) is 5.76 Å². The van der Waals surface area contributed by atoms with E-state index in [1.165, 1.54) is 4.90 Å². The highest BCUT2D eigenvalue weighted by Crippen LogP contribution is 2.40. The maximum Gasteiger partial charge on any atom is 0.295 e. The van der Waals surface area contributed by atoms with Crippen molar-refractivity contribution in [2.24, 2.45) is 0 Å². The molecule has 3 heterocycles. The lowest BCUT2D eigenvalue weighted by Gasteiger charge is -2.25. The molecule has 2 aromatic carbocycles. The molecule has 37 heavy (non-hydrogen) atoms. The molecule has 1 N–H and O–H groups in total. The topological polar surface area (TPSA) is 92.6 Å². The number of ether oxygens (including phenoxy) is 1. The van der Waals surface area contributed by atoms with Gasteiger partial charge in [-0.15, -0.1) is 0 Å². The number of benzene rings is 2. The summed E-state index contributed by atoms with van der Waals surface area (Å²) < 4.78 is 5.90. The zero-order valence-corrected chi connectivity index (χ0v) is 20.2. The van der Waals surface area contributed by atoms with Crippen LogP contribution in [0.4, 0.5) is 0 Å². The van der Waals surface area contributed by atoms with Gasteiger partial charge in [-0.25, -0.2) is 0 Å². The molecule has 5 rings (SSSR count). The monoisotopic (exact) mass is 491 g/mol. The average molecular weight is 492 g/mol. The third-order valence-corrected chi connectivity index (χ3v) is 6.40. The van der Waals surface area contributed by atoms with Crippen LogP contribution < -0.4 is 4.74 Å². The first kappa shape index (κ1) is 23.9. The van der Waals surface area contributed by atoms with E-state index in [9.17, 15) is 14.7 Å². The third kappa shape index (κ3) is 4.97. The molecule has 1 aliphatic rings. The number of hydrogen-bond acceptors (Lipinski definition) is 6. The minimum Gasteiger partial charge on any atom is -0.507 e. The van der Waals surface area contributed by atoms with Gasteiger partial charge in [-0.1, -0.05) is 36.4 Å². The molecule has 1 amide bonds. The van der Waals surface area contributed by atoms with E-state index in [0.717, 1.165) is 16.7 Å². The van der Waals surface area contributed by atoms with Gasteiger partial charge in [0.25, 0.3) is 11.7 Å². The van der Waals surface area contributed by atoms with Crippen LogP contribution in [0.2, 0.25) is 0 Å². The first-order valence-corrected chi connectivity index (χ1v) is 11.9. The van der Waals surface area contributed by atoms with E-state index >= 15 is 0 Å². The standard InChI is InChI=1S/C30H25N3O4/c1-20-6-2-3-8-24(20)19-37-25-12-10-22(11-13-25)28(34)26-27(23-9-5-15-32-17-23)33(30(36)29(26)35)18-21-7-4-14-31-16-21/h2-17,27,34H,18-19H2,1H3/b28-26+/t27-/m1/s1. The van der Waals surface area contributed by atoms with Gasteiger partial charge in [0.15, 0.2) is 0 Å². The van der Waals surface area contributed by atoms with Crippen molar-refractivity contribution in [1.29, 1.82) is 0 Å². The molecule has 1 fully saturated rings. The molecule has 0 unspecified atom stereocenters. The normalized spacial score (nSPS) is 16.7. The zero-order chi connectivity index (χ0) is 25.8. The molecule has 0 aliphatic carbocycles. The Labute approximate surface area is 214 Å². The second kappa shape index (κ2) is 10.5. The molecule has 2 aromatic heterocycles. The molecule has 1 aliphatic heterocycles. The maximum absolute atomic E-state index is 13.2. The first-order chi connectivity index (χ1) is 18.0. The number of Topliss-reactive ketones (excluding diaryl/α,β-unsaturated/α-hetero) is 1. The Balaban J connectivity index is 1.46. The number of carbonyl (C=O) groups excluding carboxylic acids is 2. The molecule has 4 aromatic rings. The molecule has 0 saturated carbocycles. The summed E-state index contributed by atoms with van der Waals surface area (Å²) in [5.74, 6) is -1.04. The van der Waals surface area contributed by atoms with Crippen LogP contribution in [-0.2, 0) is 22.7 Å². The molecule has 0 spiro atoms. The summed E-state index contributed by atoms with van der Waals surface area (Å²) in [5, 5.41) is 11.3. The third-order valence-electron chi connectivity index (χ3n) is 6.40. The summed E-state index contributed by atoms with van der Waals surface area (Å²) in [6, 6.07) is 21.2. The summed E-state index contributed by atoms with van der Waals surface area (Å²) in [7, 11) is 0. The number of aromatic nitrogens is 2. The Kier molecular flexibility index (Phi) is 6.76. The van der Waals surface area contributed by atoms with Crippen molar-refractivity contribution in [3.8, 4) is 5.75 Å². The summed E-state index contributed by atoms with van der Waals surface area (Å²) >= 11 is 0. The summed E-state index contributed by atoms with van der Waals surface area (Å²) in [6.07, 6.45) is 6.51. The van der Waals surface area contributed by atoms with E-state index in [1.54, 1.807) is 67.3 Å². The molecule has 1 atom stereocenters. The average Bonchev–Trinajstić information content (AvgIpc) is 3.18. The lowest BCUT2D eigenvalue weighted by molar-refractivity contribution is -0.140. The van der Waals surface area contributed by atoms with E-state index in [-0.39, 0.29) is 17.9 Å². The SMILES string of the molecule is Cc1ccccc1COc1ccc(/C(O)=C2\C(=O)C(=O)N(Cc3cccnc3)[C@@H]2c2cccnc2)cc1. The Bertz CT molecular complexity index is 1450. The smallest absolute Gasteiger partial charge is 0.295 e. The van der Waals surface area contributed by atoms with Crippen LogP contribution in [0.1, 0.15) is 33.9 Å². The van der Waals surface area contributed by atoms with Crippen LogP contribution in [-0.4, -0.2) is 31.7 Å². The zero-order valence-electron chi connectivity index (χ0n) is 20.2. The molecular weight excluding hydrogens is 466 g/mol. The van der Waals surface area contributed by atoms with Crippen LogP contribution >= 0.6 is 0 Å². The van der Waals surface area contributed by atoms with Gasteiger partial charge in [0, 0.05) is 36.9 Å². The highest BCUT2D eigenvalue weighted by molar-refractivity contribution is 6.46. The number of hydrogen-bond donors (Lipinski definition) is 1. The predicted octanol–water partition coefficient (Wildman–Crippen LogP) is 4.99. The minimum absolute atomic E-state index is 0.0236. The van der Waals surface area contributed by atoms with Gasteiger partial charge >= 0.3 is 0 Å². The number of aryl methyl sites for hydroxylation is 1. The largest absolute Gasteiger partial charge is 0.507 e. The number of likely N-dealkylation sites (tertiary alicyclic amines) is 1. The van der Waals surface area contributed by atoms with E-state index < -0.39 is 17.7 Å². The van der Waals surface area contributed by atoms with Gasteiger partial charge in [0.1, 0.15) is 18.1 Å². The number of carbonyl (C=O) groups is 2. The van der Waals surface area contributed by atoms with Gasteiger partial charge in [-0.3, -0.25) is 19.6 Å². The Hall–Kier alpha value is -4.78. The Morgan fingerprint density at radius 3 is 2.32 bits per heavy atom. The second-order valence-electron chi connectivity index (χ2n) is 8.81. The number of rotatable bonds is 7. The maximum atomic E-state index is 13.2. The van der Waals surface area contributed by atoms with Crippen LogP contribution in [0.3, 0.4) is 0 Å². The van der Waals surface area contributed by atoms with Crippen molar-refractivity contribution in [2.45, 2.75) is 26.1 Å². The van der Waals surface area contributed by atoms with Crippen LogP contribution in [0, 0.1) is 6.92 Å². The highest BCUT2D eigenvalue weighted by atomic mass is 16.5. The Morgan fingerprint density at radius 2 is 1.65 bits per heavy atom. The van der Waals surface area contributed by atoms with Crippen LogP contribution in [0.15, 0.2) is 103 Å². The number of aliphatic hydroxyl groups is 1.